The fourth-order valence-electron chi connectivity index (χ4n) is 3.35. The summed E-state index contributed by atoms with van der Waals surface area (Å²) in [6, 6.07) is 5.73. The van der Waals surface area contributed by atoms with Gasteiger partial charge >= 0.3 is 6.29 Å². The molecule has 1 N–H and O–H groups in total. The SMILES string of the molecule is C[C@@H](O)COc1ccnc(C(=O)N2CCN(C(=O)/C=C/c3ccc4c(c3)OC(F)(F)O4)CC2)n1. The molecule has 2 aromatic rings. The number of piperazine rings is 1. The van der Waals surface area contributed by atoms with Crippen LogP contribution < -0.4 is 14.2 Å². The lowest BCUT2D eigenvalue weighted by Gasteiger charge is -2.33. The van der Waals surface area contributed by atoms with Crippen molar-refractivity contribution in [2.45, 2.75) is 19.3 Å². The van der Waals surface area contributed by atoms with Crippen LogP contribution in [0.2, 0.25) is 0 Å². The summed E-state index contributed by atoms with van der Waals surface area (Å²) in [5.74, 6) is -0.684. The molecule has 3 heterocycles. The number of aromatic nitrogens is 2. The number of rotatable bonds is 6. The van der Waals surface area contributed by atoms with E-state index >= 15 is 0 Å². The van der Waals surface area contributed by atoms with Gasteiger partial charge in [0.1, 0.15) is 6.61 Å². The zero-order valence-corrected chi connectivity index (χ0v) is 18.2. The molecule has 0 bridgehead atoms. The van der Waals surface area contributed by atoms with Crippen molar-refractivity contribution in [3.8, 4) is 17.4 Å². The van der Waals surface area contributed by atoms with Crippen molar-refractivity contribution in [1.82, 2.24) is 19.8 Å². The number of carbonyl (C=O) groups is 2. The predicted octanol–water partition coefficient (Wildman–Crippen LogP) is 1.56. The van der Waals surface area contributed by atoms with E-state index in [0.29, 0.717) is 31.7 Å². The Kier molecular flexibility index (Phi) is 6.59. The van der Waals surface area contributed by atoms with Gasteiger partial charge in [0.2, 0.25) is 17.6 Å². The second-order valence-electron chi connectivity index (χ2n) is 7.70. The monoisotopic (exact) mass is 476 g/mol. The minimum Gasteiger partial charge on any atom is -0.475 e. The molecule has 1 aromatic carbocycles. The van der Waals surface area contributed by atoms with Gasteiger partial charge in [0, 0.05) is 44.5 Å². The summed E-state index contributed by atoms with van der Waals surface area (Å²) in [6.07, 6.45) is -0.149. The Labute approximate surface area is 193 Å². The highest BCUT2D eigenvalue weighted by molar-refractivity contribution is 5.93. The molecule has 0 unspecified atom stereocenters. The second kappa shape index (κ2) is 9.59. The van der Waals surface area contributed by atoms with Crippen molar-refractivity contribution in [2.24, 2.45) is 0 Å². The van der Waals surface area contributed by atoms with Crippen LogP contribution in [0.5, 0.6) is 17.4 Å². The summed E-state index contributed by atoms with van der Waals surface area (Å²) in [5, 5.41) is 9.31. The number of aliphatic hydroxyl groups excluding tert-OH is 1. The van der Waals surface area contributed by atoms with Crippen LogP contribution in [0.1, 0.15) is 23.1 Å². The molecule has 2 aliphatic rings. The molecule has 0 radical (unpaired) electrons. The van der Waals surface area contributed by atoms with Gasteiger partial charge < -0.3 is 29.1 Å². The molecular formula is C22H22F2N4O6. The minimum atomic E-state index is -3.70. The number of benzene rings is 1. The highest BCUT2D eigenvalue weighted by Gasteiger charge is 2.43. The minimum absolute atomic E-state index is 0.0313. The number of hydrogen-bond acceptors (Lipinski definition) is 8. The van der Waals surface area contributed by atoms with Crippen molar-refractivity contribution in [2.75, 3.05) is 32.8 Å². The van der Waals surface area contributed by atoms with Gasteiger partial charge in [-0.15, -0.1) is 8.78 Å². The second-order valence-corrected chi connectivity index (χ2v) is 7.70. The van der Waals surface area contributed by atoms with E-state index < -0.39 is 12.4 Å². The Morgan fingerprint density at radius 3 is 2.62 bits per heavy atom. The molecule has 0 spiro atoms. The van der Waals surface area contributed by atoms with E-state index in [-0.39, 0.29) is 41.6 Å². The quantitative estimate of drug-likeness (QED) is 0.625. The number of alkyl halides is 2. The van der Waals surface area contributed by atoms with Crippen molar-refractivity contribution < 1.29 is 37.7 Å². The lowest BCUT2D eigenvalue weighted by atomic mass is 10.2. The molecule has 1 aromatic heterocycles. The molecule has 1 atom stereocenters. The van der Waals surface area contributed by atoms with Crippen LogP contribution >= 0.6 is 0 Å². The first-order valence-corrected chi connectivity index (χ1v) is 10.5. The number of carbonyl (C=O) groups excluding carboxylic acids is 2. The summed E-state index contributed by atoms with van der Waals surface area (Å²) in [5.41, 5.74) is 0.497. The van der Waals surface area contributed by atoms with Crippen LogP contribution in [-0.4, -0.2) is 81.9 Å². The van der Waals surface area contributed by atoms with Crippen LogP contribution in [0, 0.1) is 0 Å². The van der Waals surface area contributed by atoms with Crippen molar-refractivity contribution >= 4 is 17.9 Å². The molecule has 0 aliphatic carbocycles. The highest BCUT2D eigenvalue weighted by atomic mass is 19.3. The number of fused-ring (bicyclic) bond motifs is 1. The van der Waals surface area contributed by atoms with Crippen LogP contribution in [-0.2, 0) is 4.79 Å². The van der Waals surface area contributed by atoms with E-state index in [1.54, 1.807) is 16.7 Å². The van der Waals surface area contributed by atoms with Gasteiger partial charge in [0.25, 0.3) is 5.91 Å². The Morgan fingerprint density at radius 1 is 1.18 bits per heavy atom. The predicted molar refractivity (Wildman–Crippen MR) is 113 cm³/mol. The normalized spacial score (nSPS) is 17.6. The topological polar surface area (TPSA) is 114 Å². The number of nitrogens with zero attached hydrogens (tertiary/aromatic N) is 4. The molecular weight excluding hydrogens is 454 g/mol. The average molecular weight is 476 g/mol. The Bertz CT molecular complexity index is 1100. The fourth-order valence-corrected chi connectivity index (χ4v) is 3.35. The van der Waals surface area contributed by atoms with E-state index in [1.807, 2.05) is 0 Å². The first kappa shape index (κ1) is 23.4. The molecule has 2 aliphatic heterocycles. The Balaban J connectivity index is 1.30. The summed E-state index contributed by atoms with van der Waals surface area (Å²) >= 11 is 0. The van der Waals surface area contributed by atoms with Crippen LogP contribution in [0.25, 0.3) is 6.08 Å². The zero-order valence-electron chi connectivity index (χ0n) is 18.2. The van der Waals surface area contributed by atoms with E-state index in [1.165, 1.54) is 42.6 Å². The van der Waals surface area contributed by atoms with Crippen molar-refractivity contribution in [3.05, 3.63) is 47.9 Å². The number of amides is 2. The maximum atomic E-state index is 13.1. The van der Waals surface area contributed by atoms with Crippen LogP contribution in [0.15, 0.2) is 36.5 Å². The summed E-state index contributed by atoms with van der Waals surface area (Å²) < 4.78 is 40.3. The summed E-state index contributed by atoms with van der Waals surface area (Å²) in [6.45, 7) is 2.80. The van der Waals surface area contributed by atoms with E-state index in [4.69, 9.17) is 4.74 Å². The lowest BCUT2D eigenvalue weighted by Crippen LogP contribution is -2.50. The van der Waals surface area contributed by atoms with Gasteiger partial charge in [-0.3, -0.25) is 9.59 Å². The van der Waals surface area contributed by atoms with Gasteiger partial charge in [0.05, 0.1) is 6.10 Å². The first-order chi connectivity index (χ1) is 16.2. The van der Waals surface area contributed by atoms with Crippen molar-refractivity contribution in [3.63, 3.8) is 0 Å². The third kappa shape index (κ3) is 5.57. The molecule has 1 saturated heterocycles. The van der Waals surface area contributed by atoms with Gasteiger partial charge in [-0.05, 0) is 30.7 Å². The summed E-state index contributed by atoms with van der Waals surface area (Å²) in [7, 11) is 0. The third-order valence-electron chi connectivity index (χ3n) is 5.02. The molecule has 12 heteroatoms. The highest BCUT2D eigenvalue weighted by Crippen LogP contribution is 2.41. The largest absolute Gasteiger partial charge is 0.586 e. The van der Waals surface area contributed by atoms with Gasteiger partial charge in [-0.25, -0.2) is 4.98 Å². The number of hydrogen-bond donors (Lipinski definition) is 1. The Hall–Kier alpha value is -3.80. The average Bonchev–Trinajstić information content (AvgIpc) is 3.14. The fraction of sp³-hybridized carbons (Fsp3) is 0.364. The first-order valence-electron chi connectivity index (χ1n) is 10.5. The molecule has 34 heavy (non-hydrogen) atoms. The maximum absolute atomic E-state index is 13.1. The molecule has 10 nitrogen and oxygen atoms in total. The smallest absolute Gasteiger partial charge is 0.475 e. The number of ether oxygens (including phenoxy) is 3. The molecule has 1 fully saturated rings. The van der Waals surface area contributed by atoms with Gasteiger partial charge in [-0.2, -0.15) is 4.98 Å². The molecule has 4 rings (SSSR count). The maximum Gasteiger partial charge on any atom is 0.586 e. The van der Waals surface area contributed by atoms with Crippen LogP contribution in [0.3, 0.4) is 0 Å². The van der Waals surface area contributed by atoms with E-state index in [0.717, 1.165) is 0 Å². The van der Waals surface area contributed by atoms with E-state index in [2.05, 4.69) is 19.4 Å². The van der Waals surface area contributed by atoms with Crippen molar-refractivity contribution in [1.29, 1.82) is 0 Å². The Morgan fingerprint density at radius 2 is 1.88 bits per heavy atom. The lowest BCUT2D eigenvalue weighted by molar-refractivity contribution is -0.286. The third-order valence-corrected chi connectivity index (χ3v) is 5.02. The summed E-state index contributed by atoms with van der Waals surface area (Å²) in [4.78, 5) is 36.4. The molecule has 2 amide bonds. The van der Waals surface area contributed by atoms with Gasteiger partial charge in [0.15, 0.2) is 11.5 Å². The number of aliphatic hydroxyl groups is 1. The molecule has 180 valence electrons. The zero-order chi connectivity index (χ0) is 24.3. The van der Waals surface area contributed by atoms with Crippen LogP contribution in [0.4, 0.5) is 8.78 Å². The van der Waals surface area contributed by atoms with Gasteiger partial charge in [-0.1, -0.05) is 6.07 Å². The standard InChI is InChI=1S/C22H22F2N4O6/c1-14(29)13-32-18-6-7-25-20(26-18)21(31)28-10-8-27(9-11-28)19(30)5-3-15-2-4-16-17(12-15)34-22(23,24)33-16/h2-7,12,14,29H,8-11,13H2,1H3/b5-3+/t14-/m1/s1. The van der Waals surface area contributed by atoms with E-state index in [9.17, 15) is 23.5 Å². The molecule has 0 saturated carbocycles. The number of halogens is 2.